The van der Waals surface area contributed by atoms with Crippen molar-refractivity contribution in [2.24, 2.45) is 0 Å². The number of aromatic nitrogens is 2. The van der Waals surface area contributed by atoms with Crippen molar-refractivity contribution in [1.29, 1.82) is 0 Å². The second-order valence-corrected chi connectivity index (χ2v) is 10.9. The fourth-order valence-corrected chi connectivity index (χ4v) is 6.19. The third-order valence-corrected chi connectivity index (χ3v) is 8.25. The molecule has 3 aromatic rings. The van der Waals surface area contributed by atoms with Crippen molar-refractivity contribution in [3.63, 3.8) is 0 Å². The molecule has 1 aromatic carbocycles. The largest absolute Gasteiger partial charge is 0.458 e. The summed E-state index contributed by atoms with van der Waals surface area (Å²) in [6.07, 6.45) is 0.870. The van der Waals surface area contributed by atoms with Crippen LogP contribution in [0.4, 0.5) is 0 Å². The summed E-state index contributed by atoms with van der Waals surface area (Å²) in [5.74, 6) is 0.611. The van der Waals surface area contributed by atoms with Crippen LogP contribution in [-0.4, -0.2) is 50.9 Å². The number of cyclic esters (lactones) is 1. The third-order valence-electron chi connectivity index (χ3n) is 8.25. The number of benzene rings is 1. The molecule has 6 rings (SSSR count). The Hall–Kier alpha value is -3.43. The Morgan fingerprint density at radius 3 is 2.45 bits per heavy atom. The van der Waals surface area contributed by atoms with E-state index in [4.69, 9.17) is 19.2 Å². The lowest BCUT2D eigenvalue weighted by Crippen LogP contribution is -2.44. The maximum absolute atomic E-state index is 13.7. The Morgan fingerprint density at radius 2 is 1.76 bits per heavy atom. The predicted octanol–water partition coefficient (Wildman–Crippen LogP) is 3.47. The number of aliphatic hydroxyl groups is 1. The molecule has 0 saturated heterocycles. The van der Waals surface area contributed by atoms with E-state index >= 15 is 0 Å². The molecule has 1 N–H and O–H groups in total. The molecule has 38 heavy (non-hydrogen) atoms. The Bertz CT molecular complexity index is 1530. The zero-order chi connectivity index (χ0) is 26.9. The van der Waals surface area contributed by atoms with Gasteiger partial charge in [0.1, 0.15) is 6.61 Å². The lowest BCUT2D eigenvalue weighted by Gasteiger charge is -2.31. The van der Waals surface area contributed by atoms with Crippen LogP contribution < -0.4 is 15.0 Å². The van der Waals surface area contributed by atoms with Crippen molar-refractivity contribution < 1.29 is 24.1 Å². The first-order chi connectivity index (χ1) is 18.1. The molecular formula is C29H33N3O6. The smallest absolute Gasteiger partial charge is 0.343 e. The lowest BCUT2D eigenvalue weighted by molar-refractivity contribution is -0.172. The molecule has 3 aliphatic rings. The quantitative estimate of drug-likeness (QED) is 0.387. The van der Waals surface area contributed by atoms with E-state index in [2.05, 4.69) is 32.6 Å². The van der Waals surface area contributed by atoms with Crippen molar-refractivity contribution in [1.82, 2.24) is 14.5 Å². The zero-order valence-electron chi connectivity index (χ0n) is 22.5. The molecule has 0 radical (unpaired) electrons. The summed E-state index contributed by atoms with van der Waals surface area (Å²) in [5.41, 5.74) is 2.69. The molecule has 0 fully saturated rings. The van der Waals surface area contributed by atoms with Crippen LogP contribution in [0, 0.1) is 0 Å². The highest BCUT2D eigenvalue weighted by Crippen LogP contribution is 2.43. The summed E-state index contributed by atoms with van der Waals surface area (Å²) in [6, 6.07) is 6.41. The first-order valence-corrected chi connectivity index (χ1v) is 13.3. The van der Waals surface area contributed by atoms with E-state index in [1.54, 1.807) is 17.6 Å². The molecule has 9 nitrogen and oxygen atoms in total. The summed E-state index contributed by atoms with van der Waals surface area (Å²) >= 11 is 0. The van der Waals surface area contributed by atoms with E-state index in [1.807, 2.05) is 12.1 Å². The maximum atomic E-state index is 13.7. The number of pyridine rings is 2. The molecule has 5 heterocycles. The second-order valence-electron chi connectivity index (χ2n) is 10.9. The molecule has 0 bridgehead atoms. The Balaban J connectivity index is 1.56. The number of carbonyl (C=O) groups is 1. The van der Waals surface area contributed by atoms with E-state index in [9.17, 15) is 14.7 Å². The topological polar surface area (TPSA) is 103 Å². The van der Waals surface area contributed by atoms with E-state index in [1.165, 1.54) is 0 Å². The van der Waals surface area contributed by atoms with Crippen LogP contribution in [0.3, 0.4) is 0 Å². The number of esters is 1. The molecule has 1 atom stereocenters. The standard InChI is InChI=1S/C29H33N3O6/c1-6-29(35)21-10-23-26-19(12-32(23)27(33)20(21)13-36-28(29)34)17(7-8-31(15(2)3)16(4)5)18-9-24-25(38-14-37-24)11-22(18)30-26/h9-11,15-16,35H,6-8,12-14H2,1-5H3/t29-/m0/s1. The number of hydrogen-bond donors (Lipinski definition) is 1. The Morgan fingerprint density at radius 1 is 1.05 bits per heavy atom. The van der Waals surface area contributed by atoms with Crippen LogP contribution in [0.25, 0.3) is 22.3 Å². The van der Waals surface area contributed by atoms with Gasteiger partial charge in [-0.15, -0.1) is 0 Å². The minimum absolute atomic E-state index is 0.106. The van der Waals surface area contributed by atoms with E-state index in [-0.39, 0.29) is 25.4 Å². The van der Waals surface area contributed by atoms with E-state index in [0.717, 1.165) is 35.0 Å². The van der Waals surface area contributed by atoms with Crippen molar-refractivity contribution in [3.05, 3.63) is 50.8 Å². The highest BCUT2D eigenvalue weighted by Gasteiger charge is 2.45. The van der Waals surface area contributed by atoms with Crippen LogP contribution in [0.1, 0.15) is 63.3 Å². The van der Waals surface area contributed by atoms with Gasteiger partial charge in [-0.2, -0.15) is 0 Å². The molecule has 200 valence electrons. The van der Waals surface area contributed by atoms with Gasteiger partial charge in [0.25, 0.3) is 5.56 Å². The second kappa shape index (κ2) is 8.81. The molecule has 3 aliphatic heterocycles. The highest BCUT2D eigenvalue weighted by molar-refractivity contribution is 5.91. The molecule has 0 spiro atoms. The monoisotopic (exact) mass is 519 g/mol. The Kier molecular flexibility index (Phi) is 5.77. The van der Waals surface area contributed by atoms with Gasteiger partial charge in [-0.25, -0.2) is 9.78 Å². The number of fused-ring (bicyclic) bond motifs is 6. The average molecular weight is 520 g/mol. The minimum Gasteiger partial charge on any atom is -0.458 e. The highest BCUT2D eigenvalue weighted by atomic mass is 16.7. The van der Waals surface area contributed by atoms with Gasteiger partial charge >= 0.3 is 5.97 Å². The average Bonchev–Trinajstić information content (AvgIpc) is 3.49. The van der Waals surface area contributed by atoms with Gasteiger partial charge in [-0.1, -0.05) is 6.92 Å². The van der Waals surface area contributed by atoms with Gasteiger partial charge in [0, 0.05) is 41.2 Å². The van der Waals surface area contributed by atoms with Crippen LogP contribution >= 0.6 is 0 Å². The van der Waals surface area contributed by atoms with E-state index in [0.29, 0.717) is 52.6 Å². The van der Waals surface area contributed by atoms with Gasteiger partial charge in [0.15, 0.2) is 17.1 Å². The van der Waals surface area contributed by atoms with Gasteiger partial charge in [0.05, 0.1) is 29.0 Å². The molecule has 0 aliphatic carbocycles. The van der Waals surface area contributed by atoms with Gasteiger partial charge < -0.3 is 23.9 Å². The number of hydrogen-bond acceptors (Lipinski definition) is 8. The summed E-state index contributed by atoms with van der Waals surface area (Å²) in [6.45, 7) is 11.7. The predicted molar refractivity (Wildman–Crippen MR) is 141 cm³/mol. The van der Waals surface area contributed by atoms with Gasteiger partial charge in [-0.05, 0) is 58.2 Å². The number of carbonyl (C=O) groups excluding carboxylic acids is 1. The summed E-state index contributed by atoms with van der Waals surface area (Å²) < 4.78 is 18.2. The fraction of sp³-hybridized carbons (Fsp3) is 0.483. The molecule has 0 saturated carbocycles. The minimum atomic E-state index is -1.86. The summed E-state index contributed by atoms with van der Waals surface area (Å²) in [5, 5.41) is 12.2. The van der Waals surface area contributed by atoms with Crippen LogP contribution in [0.5, 0.6) is 11.5 Å². The zero-order valence-corrected chi connectivity index (χ0v) is 22.5. The summed E-state index contributed by atoms with van der Waals surface area (Å²) in [7, 11) is 0. The van der Waals surface area contributed by atoms with Gasteiger partial charge in [-0.3, -0.25) is 9.69 Å². The van der Waals surface area contributed by atoms with Crippen LogP contribution in [-0.2, 0) is 34.7 Å². The van der Waals surface area contributed by atoms with Crippen molar-refractivity contribution in [2.75, 3.05) is 13.3 Å². The Labute approximate surface area is 220 Å². The van der Waals surface area contributed by atoms with E-state index < -0.39 is 11.6 Å². The number of rotatable bonds is 6. The van der Waals surface area contributed by atoms with Crippen molar-refractivity contribution in [2.45, 2.75) is 78.3 Å². The normalized spacial score (nSPS) is 19.3. The number of nitrogens with zero attached hydrogens (tertiary/aromatic N) is 3. The van der Waals surface area contributed by atoms with Gasteiger partial charge in [0.2, 0.25) is 6.79 Å². The molecule has 9 heteroatoms. The summed E-state index contributed by atoms with van der Waals surface area (Å²) in [4.78, 5) is 33.7. The molecular weight excluding hydrogens is 486 g/mol. The maximum Gasteiger partial charge on any atom is 0.343 e. The van der Waals surface area contributed by atoms with Crippen molar-refractivity contribution >= 4 is 16.9 Å². The number of ether oxygens (including phenoxy) is 3. The first kappa shape index (κ1) is 24.9. The van der Waals surface area contributed by atoms with Crippen molar-refractivity contribution in [3.8, 4) is 22.9 Å². The first-order valence-electron chi connectivity index (χ1n) is 13.3. The third kappa shape index (κ3) is 3.55. The SMILES string of the molecule is CC[C@@]1(O)C(=O)OCc2c1cc1n(c2=O)Cc2c-1nc1cc3c(cc1c2CCN(C(C)C)C(C)C)OCO3. The lowest BCUT2D eigenvalue weighted by atomic mass is 9.86. The van der Waals surface area contributed by atoms with Crippen LogP contribution in [0.15, 0.2) is 23.0 Å². The molecule has 0 amide bonds. The molecule has 2 aromatic heterocycles. The molecule has 0 unspecified atom stereocenters. The van der Waals surface area contributed by atoms with Crippen LogP contribution in [0.2, 0.25) is 0 Å². The fourth-order valence-electron chi connectivity index (χ4n) is 6.19.